The van der Waals surface area contributed by atoms with E-state index in [9.17, 15) is 4.79 Å². The second kappa shape index (κ2) is 5.29. The third kappa shape index (κ3) is 3.04. The molecule has 0 unspecified atom stereocenters. The number of anilines is 2. The first kappa shape index (κ1) is 12.1. The molecule has 0 saturated carbocycles. The number of methoxy groups -OCH3 is 1. The van der Waals surface area contributed by atoms with Crippen molar-refractivity contribution in [3.63, 3.8) is 0 Å². The van der Waals surface area contributed by atoms with Gasteiger partial charge in [0.05, 0.1) is 13.3 Å². The van der Waals surface area contributed by atoms with Crippen molar-refractivity contribution < 1.29 is 9.53 Å². The van der Waals surface area contributed by atoms with E-state index in [4.69, 9.17) is 0 Å². The molecule has 1 aromatic carbocycles. The zero-order chi connectivity index (χ0) is 12.3. The molecule has 0 spiro atoms. The Morgan fingerprint density at radius 3 is 2.76 bits per heavy atom. The van der Waals surface area contributed by atoms with E-state index in [0.29, 0.717) is 10.0 Å². The number of carbonyl (C=O) groups excluding carboxylic acids is 1. The molecule has 0 amide bonds. The minimum Gasteiger partial charge on any atom is -0.465 e. The van der Waals surface area contributed by atoms with Crippen molar-refractivity contribution in [3.05, 3.63) is 39.8 Å². The number of thiazole rings is 1. The second-order valence-corrected chi connectivity index (χ2v) is 5.10. The Hall–Kier alpha value is -1.40. The Morgan fingerprint density at radius 1 is 1.41 bits per heavy atom. The summed E-state index contributed by atoms with van der Waals surface area (Å²) in [6.07, 6.45) is 1.50. The first-order valence-corrected chi connectivity index (χ1v) is 6.37. The van der Waals surface area contributed by atoms with Gasteiger partial charge in [0, 0.05) is 10.2 Å². The molecule has 0 aliphatic rings. The summed E-state index contributed by atoms with van der Waals surface area (Å²) in [5.74, 6) is -0.369. The number of benzene rings is 1. The van der Waals surface area contributed by atoms with Gasteiger partial charge in [-0.25, -0.2) is 9.78 Å². The molecule has 0 aliphatic heterocycles. The number of hydrogen-bond donors (Lipinski definition) is 1. The summed E-state index contributed by atoms with van der Waals surface area (Å²) in [6.45, 7) is 0. The third-order valence-electron chi connectivity index (χ3n) is 1.99. The summed E-state index contributed by atoms with van der Waals surface area (Å²) in [6, 6.07) is 7.70. The third-order valence-corrected chi connectivity index (χ3v) is 3.41. The maximum Gasteiger partial charge on any atom is 0.349 e. The Bertz CT molecular complexity index is 525. The van der Waals surface area contributed by atoms with E-state index in [1.807, 2.05) is 24.3 Å². The molecule has 0 radical (unpaired) electrons. The van der Waals surface area contributed by atoms with E-state index in [0.717, 1.165) is 10.2 Å². The first-order valence-electron chi connectivity index (χ1n) is 4.76. The predicted octanol–water partition coefficient (Wildman–Crippen LogP) is 3.44. The van der Waals surface area contributed by atoms with Crippen molar-refractivity contribution >= 4 is 44.1 Å². The topological polar surface area (TPSA) is 51.2 Å². The summed E-state index contributed by atoms with van der Waals surface area (Å²) in [5, 5.41) is 3.77. The summed E-state index contributed by atoms with van der Waals surface area (Å²) < 4.78 is 5.62. The molecular weight excluding hydrogens is 304 g/mol. The van der Waals surface area contributed by atoms with Crippen molar-refractivity contribution in [1.29, 1.82) is 0 Å². The molecule has 1 heterocycles. The monoisotopic (exact) mass is 312 g/mol. The fraction of sp³-hybridized carbons (Fsp3) is 0.0909. The second-order valence-electron chi connectivity index (χ2n) is 3.15. The quantitative estimate of drug-likeness (QED) is 0.882. The van der Waals surface area contributed by atoms with Gasteiger partial charge < -0.3 is 10.1 Å². The van der Waals surface area contributed by atoms with Crippen LogP contribution in [0, 0.1) is 0 Å². The van der Waals surface area contributed by atoms with E-state index in [1.54, 1.807) is 0 Å². The van der Waals surface area contributed by atoms with Crippen LogP contribution in [0.1, 0.15) is 9.67 Å². The molecule has 2 aromatic rings. The summed E-state index contributed by atoms with van der Waals surface area (Å²) in [7, 11) is 1.35. The van der Waals surface area contributed by atoms with E-state index >= 15 is 0 Å². The minimum absolute atomic E-state index is 0.369. The van der Waals surface area contributed by atoms with Crippen molar-refractivity contribution in [3.8, 4) is 0 Å². The number of nitrogens with zero attached hydrogens (tertiary/aromatic N) is 1. The lowest BCUT2D eigenvalue weighted by atomic mass is 10.3. The molecule has 6 heteroatoms. The van der Waals surface area contributed by atoms with Crippen LogP contribution in [0.15, 0.2) is 34.9 Å². The fourth-order valence-corrected chi connectivity index (χ4v) is 2.20. The van der Waals surface area contributed by atoms with Crippen LogP contribution < -0.4 is 5.32 Å². The Balaban J connectivity index is 2.11. The van der Waals surface area contributed by atoms with E-state index in [1.165, 1.54) is 24.6 Å². The van der Waals surface area contributed by atoms with Gasteiger partial charge >= 0.3 is 5.97 Å². The number of ether oxygens (including phenoxy) is 1. The van der Waals surface area contributed by atoms with Crippen LogP contribution >= 0.6 is 27.3 Å². The first-order chi connectivity index (χ1) is 8.19. The van der Waals surface area contributed by atoms with Gasteiger partial charge in [-0.1, -0.05) is 27.3 Å². The molecule has 1 aromatic heterocycles. The van der Waals surface area contributed by atoms with Gasteiger partial charge in [0.15, 0.2) is 5.13 Å². The van der Waals surface area contributed by atoms with E-state index in [2.05, 4.69) is 31.0 Å². The highest BCUT2D eigenvalue weighted by Crippen LogP contribution is 2.23. The van der Waals surface area contributed by atoms with Crippen LogP contribution in [0.5, 0.6) is 0 Å². The molecule has 2 rings (SSSR count). The molecule has 88 valence electrons. The summed E-state index contributed by atoms with van der Waals surface area (Å²) in [4.78, 5) is 15.8. The fourth-order valence-electron chi connectivity index (χ4n) is 1.18. The van der Waals surface area contributed by atoms with Crippen LogP contribution in [0.2, 0.25) is 0 Å². The van der Waals surface area contributed by atoms with Gasteiger partial charge in [-0.15, -0.1) is 0 Å². The maximum absolute atomic E-state index is 11.2. The van der Waals surface area contributed by atoms with Crippen LogP contribution in [0.4, 0.5) is 10.8 Å². The van der Waals surface area contributed by atoms with Gasteiger partial charge in [0.1, 0.15) is 4.88 Å². The molecule has 1 N–H and O–H groups in total. The largest absolute Gasteiger partial charge is 0.465 e. The van der Waals surface area contributed by atoms with Gasteiger partial charge in [-0.3, -0.25) is 0 Å². The average molecular weight is 313 g/mol. The number of nitrogens with one attached hydrogen (secondary N) is 1. The molecule has 0 bridgehead atoms. The molecule has 0 aliphatic carbocycles. The average Bonchev–Trinajstić information content (AvgIpc) is 2.80. The van der Waals surface area contributed by atoms with Crippen molar-refractivity contribution in [2.45, 2.75) is 0 Å². The molecular formula is C11H9BrN2O2S. The van der Waals surface area contributed by atoms with Crippen LogP contribution in [-0.2, 0) is 4.74 Å². The smallest absolute Gasteiger partial charge is 0.349 e. The normalized spacial score (nSPS) is 10.0. The number of hydrogen-bond acceptors (Lipinski definition) is 5. The lowest BCUT2D eigenvalue weighted by Gasteiger charge is -2.01. The number of halogens is 1. The molecule has 0 saturated heterocycles. The highest BCUT2D eigenvalue weighted by Gasteiger charge is 2.10. The lowest BCUT2D eigenvalue weighted by Crippen LogP contribution is -1.96. The molecule has 4 nitrogen and oxygen atoms in total. The molecule has 0 fully saturated rings. The minimum atomic E-state index is -0.369. The summed E-state index contributed by atoms with van der Waals surface area (Å²) in [5.41, 5.74) is 0.916. The Morgan fingerprint density at radius 2 is 2.12 bits per heavy atom. The number of rotatable bonds is 3. The zero-order valence-corrected chi connectivity index (χ0v) is 11.3. The lowest BCUT2D eigenvalue weighted by molar-refractivity contribution is 0.0606. The van der Waals surface area contributed by atoms with Gasteiger partial charge in [0.25, 0.3) is 0 Å². The van der Waals surface area contributed by atoms with Gasteiger partial charge in [-0.2, -0.15) is 0 Å². The SMILES string of the molecule is COC(=O)c1cnc(Nc2ccc(Br)cc2)s1. The van der Waals surface area contributed by atoms with Crippen LogP contribution in [0.3, 0.4) is 0 Å². The Labute approximate surface area is 111 Å². The standard InChI is InChI=1S/C11H9BrN2O2S/c1-16-10(15)9-6-13-11(17-9)14-8-4-2-7(12)3-5-8/h2-6H,1H3,(H,13,14). The van der Waals surface area contributed by atoms with Crippen LogP contribution in [0.25, 0.3) is 0 Å². The van der Waals surface area contributed by atoms with E-state index in [-0.39, 0.29) is 5.97 Å². The van der Waals surface area contributed by atoms with Crippen LogP contribution in [-0.4, -0.2) is 18.1 Å². The van der Waals surface area contributed by atoms with Crippen molar-refractivity contribution in [2.24, 2.45) is 0 Å². The Kier molecular flexibility index (Phi) is 3.75. The zero-order valence-electron chi connectivity index (χ0n) is 8.94. The van der Waals surface area contributed by atoms with Crippen molar-refractivity contribution in [1.82, 2.24) is 4.98 Å². The number of esters is 1. The van der Waals surface area contributed by atoms with Gasteiger partial charge in [-0.05, 0) is 24.3 Å². The van der Waals surface area contributed by atoms with E-state index < -0.39 is 0 Å². The maximum atomic E-state index is 11.2. The summed E-state index contributed by atoms with van der Waals surface area (Å²) >= 11 is 4.62. The number of carbonyl (C=O) groups is 1. The highest BCUT2D eigenvalue weighted by atomic mass is 79.9. The predicted molar refractivity (Wildman–Crippen MR) is 70.9 cm³/mol. The molecule has 17 heavy (non-hydrogen) atoms. The molecule has 0 atom stereocenters. The van der Waals surface area contributed by atoms with Gasteiger partial charge in [0.2, 0.25) is 0 Å². The highest BCUT2D eigenvalue weighted by molar-refractivity contribution is 9.10. The van der Waals surface area contributed by atoms with Crippen molar-refractivity contribution in [2.75, 3.05) is 12.4 Å². The number of aromatic nitrogens is 1.